The predicted octanol–water partition coefficient (Wildman–Crippen LogP) is 3.17. The quantitative estimate of drug-likeness (QED) is 0.556. The van der Waals surface area contributed by atoms with Gasteiger partial charge in [-0.3, -0.25) is 14.2 Å². The van der Waals surface area contributed by atoms with Gasteiger partial charge in [0.1, 0.15) is 4.83 Å². The number of carbonyl (C=O) groups is 1. The van der Waals surface area contributed by atoms with E-state index in [0.29, 0.717) is 21.9 Å². The molecule has 0 spiro atoms. The Kier molecular flexibility index (Phi) is 4.56. The molecule has 8 heteroatoms. The van der Waals surface area contributed by atoms with E-state index in [1.807, 2.05) is 29.8 Å². The maximum atomic E-state index is 12.9. The molecule has 3 rings (SSSR count). The average Bonchev–Trinajstić information content (AvgIpc) is 3.15. The Balaban J connectivity index is 2.19. The number of aromatic nitrogens is 2. The fraction of sp³-hybridized carbons (Fsp3) is 0.267. The molecule has 120 valence electrons. The molecule has 0 saturated carbocycles. The van der Waals surface area contributed by atoms with Gasteiger partial charge in [-0.2, -0.15) is 0 Å². The van der Waals surface area contributed by atoms with Crippen LogP contribution in [0.2, 0.25) is 0 Å². The van der Waals surface area contributed by atoms with Crippen LogP contribution in [0.4, 0.5) is 0 Å². The predicted molar refractivity (Wildman–Crippen MR) is 97.4 cm³/mol. The molecule has 5 nitrogen and oxygen atoms in total. The highest BCUT2D eigenvalue weighted by Gasteiger charge is 2.20. The summed E-state index contributed by atoms with van der Waals surface area (Å²) >= 11 is 4.27. The minimum atomic E-state index is -0.436. The number of thioether (sulfide) groups is 1. The molecule has 0 bridgehead atoms. The number of hydrogen-bond acceptors (Lipinski definition) is 6. The molecule has 1 atom stereocenters. The Hall–Kier alpha value is -1.64. The van der Waals surface area contributed by atoms with Crippen LogP contribution in [-0.2, 0) is 11.3 Å². The summed E-state index contributed by atoms with van der Waals surface area (Å²) in [4.78, 5) is 30.6. The molecule has 0 aliphatic heterocycles. The Bertz CT molecular complexity index is 912. The van der Waals surface area contributed by atoms with Crippen molar-refractivity contribution in [1.29, 1.82) is 0 Å². The number of hydrogen-bond donors (Lipinski definition) is 1. The molecule has 0 aromatic carbocycles. The van der Waals surface area contributed by atoms with Crippen LogP contribution in [0.1, 0.15) is 13.8 Å². The zero-order valence-corrected chi connectivity index (χ0v) is 15.1. The van der Waals surface area contributed by atoms with Crippen LogP contribution in [0.25, 0.3) is 20.7 Å². The van der Waals surface area contributed by atoms with Crippen molar-refractivity contribution in [2.24, 2.45) is 5.73 Å². The van der Waals surface area contributed by atoms with Crippen LogP contribution >= 0.6 is 34.4 Å². The van der Waals surface area contributed by atoms with Crippen LogP contribution in [0, 0.1) is 0 Å². The van der Waals surface area contributed by atoms with E-state index in [-0.39, 0.29) is 5.56 Å². The Labute approximate surface area is 145 Å². The molecule has 0 saturated heterocycles. The summed E-state index contributed by atoms with van der Waals surface area (Å²) in [5, 5.41) is 4.71. The van der Waals surface area contributed by atoms with Crippen LogP contribution in [0.5, 0.6) is 0 Å². The number of rotatable bonds is 5. The Morgan fingerprint density at radius 3 is 2.87 bits per heavy atom. The standard InChI is InChI=1S/C15H15N3O2S3/c1-3-18-14(20)11-9(10-5-4-6-21-10)7-22-13(11)17-15(18)23-8(2)12(16)19/h4-8H,3H2,1-2H3,(H2,16,19)/t8-/m0/s1. The lowest BCUT2D eigenvalue weighted by molar-refractivity contribution is -0.117. The number of fused-ring (bicyclic) bond motifs is 1. The van der Waals surface area contributed by atoms with Gasteiger partial charge in [0.05, 0.1) is 10.6 Å². The minimum absolute atomic E-state index is 0.0682. The van der Waals surface area contributed by atoms with Crippen LogP contribution in [-0.4, -0.2) is 20.7 Å². The van der Waals surface area contributed by atoms with E-state index in [4.69, 9.17) is 5.73 Å². The van der Waals surface area contributed by atoms with Gasteiger partial charge in [-0.25, -0.2) is 4.98 Å². The van der Waals surface area contributed by atoms with E-state index in [2.05, 4.69) is 4.98 Å². The smallest absolute Gasteiger partial charge is 0.263 e. The molecular weight excluding hydrogens is 350 g/mol. The Morgan fingerprint density at radius 1 is 1.48 bits per heavy atom. The molecule has 3 aromatic rings. The highest BCUT2D eigenvalue weighted by Crippen LogP contribution is 2.34. The zero-order valence-electron chi connectivity index (χ0n) is 12.6. The number of nitrogens with two attached hydrogens (primary N) is 1. The van der Waals surface area contributed by atoms with E-state index >= 15 is 0 Å². The lowest BCUT2D eigenvalue weighted by atomic mass is 10.2. The van der Waals surface area contributed by atoms with Gasteiger partial charge in [0.25, 0.3) is 5.56 Å². The second kappa shape index (κ2) is 6.46. The molecule has 0 aliphatic rings. The molecule has 1 amide bonds. The summed E-state index contributed by atoms with van der Waals surface area (Å²) in [6.07, 6.45) is 0. The molecule has 23 heavy (non-hydrogen) atoms. The van der Waals surface area contributed by atoms with E-state index in [1.54, 1.807) is 22.8 Å². The van der Waals surface area contributed by atoms with Gasteiger partial charge >= 0.3 is 0 Å². The first-order valence-corrected chi connectivity index (χ1v) is 9.68. The van der Waals surface area contributed by atoms with Gasteiger partial charge in [-0.05, 0) is 25.3 Å². The highest BCUT2D eigenvalue weighted by molar-refractivity contribution is 8.00. The van der Waals surface area contributed by atoms with Crippen molar-refractivity contribution < 1.29 is 4.79 Å². The minimum Gasteiger partial charge on any atom is -0.369 e. The molecule has 3 aromatic heterocycles. The van der Waals surface area contributed by atoms with Gasteiger partial charge < -0.3 is 5.73 Å². The second-order valence-corrected chi connectivity index (χ2v) is 8.03. The largest absolute Gasteiger partial charge is 0.369 e. The van der Waals surface area contributed by atoms with Crippen molar-refractivity contribution in [2.45, 2.75) is 30.8 Å². The summed E-state index contributed by atoms with van der Waals surface area (Å²) in [6.45, 7) is 4.11. The topological polar surface area (TPSA) is 78.0 Å². The first-order valence-electron chi connectivity index (χ1n) is 7.04. The van der Waals surface area contributed by atoms with Crippen molar-refractivity contribution in [2.75, 3.05) is 0 Å². The summed E-state index contributed by atoms with van der Waals surface area (Å²) < 4.78 is 1.61. The maximum Gasteiger partial charge on any atom is 0.263 e. The number of thiophene rings is 2. The van der Waals surface area contributed by atoms with Crippen LogP contribution < -0.4 is 11.3 Å². The average molecular weight is 366 g/mol. The van der Waals surface area contributed by atoms with Crippen molar-refractivity contribution in [3.8, 4) is 10.4 Å². The van der Waals surface area contributed by atoms with Crippen molar-refractivity contribution >= 4 is 50.6 Å². The first-order chi connectivity index (χ1) is 11.0. The van der Waals surface area contributed by atoms with E-state index in [1.165, 1.54) is 23.1 Å². The van der Waals surface area contributed by atoms with Gasteiger partial charge in [0.15, 0.2) is 5.16 Å². The summed E-state index contributed by atoms with van der Waals surface area (Å²) in [7, 11) is 0. The third-order valence-electron chi connectivity index (χ3n) is 3.44. The third kappa shape index (κ3) is 2.93. The fourth-order valence-electron chi connectivity index (χ4n) is 2.20. The first kappa shape index (κ1) is 16.2. The normalized spacial score (nSPS) is 12.6. The van der Waals surface area contributed by atoms with E-state index in [0.717, 1.165) is 10.4 Å². The summed E-state index contributed by atoms with van der Waals surface area (Å²) in [5.41, 5.74) is 6.18. The van der Waals surface area contributed by atoms with Gasteiger partial charge in [0.2, 0.25) is 5.91 Å². The maximum absolute atomic E-state index is 12.9. The fourth-order valence-corrected chi connectivity index (χ4v) is 4.93. The molecule has 3 heterocycles. The molecule has 0 unspecified atom stereocenters. The number of nitrogens with zero attached hydrogens (tertiary/aromatic N) is 2. The lowest BCUT2D eigenvalue weighted by Gasteiger charge is -2.12. The lowest BCUT2D eigenvalue weighted by Crippen LogP contribution is -2.26. The Morgan fingerprint density at radius 2 is 2.26 bits per heavy atom. The van der Waals surface area contributed by atoms with Crippen molar-refractivity contribution in [3.05, 3.63) is 33.2 Å². The zero-order chi connectivity index (χ0) is 16.6. The van der Waals surface area contributed by atoms with Crippen LogP contribution in [0.3, 0.4) is 0 Å². The van der Waals surface area contributed by atoms with Gasteiger partial charge in [-0.15, -0.1) is 22.7 Å². The van der Waals surface area contributed by atoms with Crippen LogP contribution in [0.15, 0.2) is 32.8 Å². The highest BCUT2D eigenvalue weighted by atomic mass is 32.2. The third-order valence-corrected chi connectivity index (χ3v) is 6.33. The van der Waals surface area contributed by atoms with Crippen molar-refractivity contribution in [1.82, 2.24) is 9.55 Å². The summed E-state index contributed by atoms with van der Waals surface area (Å²) in [5.74, 6) is -0.419. The number of amides is 1. The van der Waals surface area contributed by atoms with E-state index in [9.17, 15) is 9.59 Å². The van der Waals surface area contributed by atoms with E-state index < -0.39 is 11.2 Å². The molecular formula is C15H15N3O2S3. The van der Waals surface area contributed by atoms with Gasteiger partial charge in [-0.1, -0.05) is 17.8 Å². The molecule has 0 fully saturated rings. The number of carbonyl (C=O) groups excluding carboxylic acids is 1. The van der Waals surface area contributed by atoms with Gasteiger partial charge in [0, 0.05) is 22.4 Å². The summed E-state index contributed by atoms with van der Waals surface area (Å²) in [6, 6.07) is 3.97. The van der Waals surface area contributed by atoms with Crippen molar-refractivity contribution in [3.63, 3.8) is 0 Å². The molecule has 2 N–H and O–H groups in total. The number of primary amides is 1. The molecule has 0 radical (unpaired) electrons. The SMILES string of the molecule is CCn1c(S[C@@H](C)C(N)=O)nc2scc(-c3cccs3)c2c1=O. The second-order valence-electron chi connectivity index (χ2n) is 4.91. The molecule has 0 aliphatic carbocycles. The monoisotopic (exact) mass is 365 g/mol.